The van der Waals surface area contributed by atoms with E-state index in [-0.39, 0.29) is 0 Å². The van der Waals surface area contributed by atoms with Crippen molar-refractivity contribution in [3.8, 4) is 0 Å². The first-order valence-electron chi connectivity index (χ1n) is 7.83. The zero-order valence-electron chi connectivity index (χ0n) is 13.7. The first-order valence-corrected chi connectivity index (χ1v) is 8.64. The highest BCUT2D eigenvalue weighted by atomic mass is 32.1. The maximum atomic E-state index is 5.30. The Kier molecular flexibility index (Phi) is 6.41. The van der Waals surface area contributed by atoms with Crippen LogP contribution < -0.4 is 10.2 Å². The largest absolute Gasteiger partial charge is 0.378 e. The Morgan fingerprint density at radius 1 is 1.38 bits per heavy atom. The number of hydrogen-bond donors (Lipinski definition) is 1. The van der Waals surface area contributed by atoms with Gasteiger partial charge in [-0.1, -0.05) is 13.8 Å². The fraction of sp³-hybridized carbons (Fsp3) is 0.800. The summed E-state index contributed by atoms with van der Waals surface area (Å²) in [5.41, 5.74) is 1.09. The lowest BCUT2D eigenvalue weighted by molar-refractivity contribution is 0.181. The van der Waals surface area contributed by atoms with Gasteiger partial charge in [0.2, 0.25) is 0 Å². The van der Waals surface area contributed by atoms with Gasteiger partial charge in [-0.3, -0.25) is 4.90 Å². The summed E-state index contributed by atoms with van der Waals surface area (Å²) in [5, 5.41) is 4.55. The third kappa shape index (κ3) is 4.16. The van der Waals surface area contributed by atoms with Crippen LogP contribution in [-0.4, -0.2) is 56.3 Å². The van der Waals surface area contributed by atoms with Crippen LogP contribution in [0.25, 0.3) is 0 Å². The zero-order chi connectivity index (χ0) is 15.2. The van der Waals surface area contributed by atoms with Crippen molar-refractivity contribution in [1.29, 1.82) is 0 Å². The van der Waals surface area contributed by atoms with E-state index in [0.717, 1.165) is 43.5 Å². The SMILES string of the molecule is CCNCc1sc(N2CCN(C)C(CC)C2)nc1COC. The van der Waals surface area contributed by atoms with E-state index in [9.17, 15) is 0 Å². The molecule has 2 heterocycles. The molecule has 0 aromatic carbocycles. The average Bonchev–Trinajstić information content (AvgIpc) is 2.89. The van der Waals surface area contributed by atoms with Crippen molar-refractivity contribution in [2.45, 2.75) is 39.5 Å². The molecule has 5 nitrogen and oxygen atoms in total. The quantitative estimate of drug-likeness (QED) is 0.833. The Hall–Kier alpha value is -0.690. The van der Waals surface area contributed by atoms with Crippen LogP contribution in [0.4, 0.5) is 5.13 Å². The van der Waals surface area contributed by atoms with Crippen LogP contribution in [0.3, 0.4) is 0 Å². The predicted octanol–water partition coefficient (Wildman–Crippen LogP) is 1.93. The Morgan fingerprint density at radius 3 is 2.86 bits per heavy atom. The topological polar surface area (TPSA) is 40.6 Å². The van der Waals surface area contributed by atoms with E-state index in [1.807, 2.05) is 11.3 Å². The van der Waals surface area contributed by atoms with Crippen molar-refractivity contribution < 1.29 is 4.74 Å². The molecular weight excluding hydrogens is 284 g/mol. The molecule has 6 heteroatoms. The number of nitrogens with one attached hydrogen (secondary N) is 1. The number of methoxy groups -OCH3 is 1. The number of thiazole rings is 1. The van der Waals surface area contributed by atoms with Crippen LogP contribution in [0.2, 0.25) is 0 Å². The molecule has 1 aromatic rings. The van der Waals surface area contributed by atoms with Gasteiger partial charge in [0.25, 0.3) is 0 Å². The molecule has 1 aliphatic heterocycles. The average molecular weight is 312 g/mol. The van der Waals surface area contributed by atoms with Crippen molar-refractivity contribution in [1.82, 2.24) is 15.2 Å². The third-order valence-corrected chi connectivity index (χ3v) is 5.26. The lowest BCUT2D eigenvalue weighted by Crippen LogP contribution is -2.51. The fourth-order valence-corrected chi connectivity index (χ4v) is 3.76. The van der Waals surface area contributed by atoms with Gasteiger partial charge in [0.1, 0.15) is 0 Å². The van der Waals surface area contributed by atoms with Gasteiger partial charge in [-0.25, -0.2) is 4.98 Å². The lowest BCUT2D eigenvalue weighted by Gasteiger charge is -2.39. The van der Waals surface area contributed by atoms with Gasteiger partial charge in [-0.2, -0.15) is 0 Å². The molecule has 1 fully saturated rings. The maximum absolute atomic E-state index is 5.30. The van der Waals surface area contributed by atoms with Crippen LogP contribution >= 0.6 is 11.3 Å². The number of aromatic nitrogens is 1. The van der Waals surface area contributed by atoms with Crippen LogP contribution in [-0.2, 0) is 17.9 Å². The molecule has 1 unspecified atom stereocenters. The summed E-state index contributed by atoms with van der Waals surface area (Å²) in [6.07, 6.45) is 1.19. The van der Waals surface area contributed by atoms with Crippen molar-refractivity contribution in [3.63, 3.8) is 0 Å². The van der Waals surface area contributed by atoms with E-state index in [4.69, 9.17) is 9.72 Å². The Bertz CT molecular complexity index is 437. The van der Waals surface area contributed by atoms with Crippen LogP contribution in [0.5, 0.6) is 0 Å². The summed E-state index contributed by atoms with van der Waals surface area (Å²) < 4.78 is 5.30. The normalized spacial score (nSPS) is 20.2. The number of piperazine rings is 1. The zero-order valence-corrected chi connectivity index (χ0v) is 14.5. The number of anilines is 1. The maximum Gasteiger partial charge on any atom is 0.186 e. The second-order valence-corrected chi connectivity index (χ2v) is 6.63. The number of hydrogen-bond acceptors (Lipinski definition) is 6. The van der Waals surface area contributed by atoms with Gasteiger partial charge >= 0.3 is 0 Å². The molecule has 0 aliphatic carbocycles. The molecule has 1 saturated heterocycles. The fourth-order valence-electron chi connectivity index (χ4n) is 2.69. The summed E-state index contributed by atoms with van der Waals surface area (Å²) in [5.74, 6) is 0. The molecular formula is C15H28N4OS. The number of nitrogens with zero attached hydrogens (tertiary/aromatic N) is 3. The Labute approximate surface area is 132 Å². The molecule has 1 atom stereocenters. The highest BCUT2D eigenvalue weighted by Crippen LogP contribution is 2.29. The summed E-state index contributed by atoms with van der Waals surface area (Å²) in [7, 11) is 3.96. The van der Waals surface area contributed by atoms with E-state index < -0.39 is 0 Å². The molecule has 120 valence electrons. The van der Waals surface area contributed by atoms with Gasteiger partial charge in [-0.15, -0.1) is 11.3 Å². The van der Waals surface area contributed by atoms with Gasteiger partial charge in [0.05, 0.1) is 12.3 Å². The highest BCUT2D eigenvalue weighted by molar-refractivity contribution is 7.15. The van der Waals surface area contributed by atoms with Gasteiger partial charge in [-0.05, 0) is 20.0 Å². The lowest BCUT2D eigenvalue weighted by atomic mass is 10.1. The van der Waals surface area contributed by atoms with Crippen molar-refractivity contribution in [2.24, 2.45) is 0 Å². The predicted molar refractivity (Wildman–Crippen MR) is 89.1 cm³/mol. The Balaban J connectivity index is 2.11. The number of rotatable bonds is 7. The van der Waals surface area contributed by atoms with Gasteiger partial charge in [0, 0.05) is 44.2 Å². The van der Waals surface area contributed by atoms with Gasteiger partial charge < -0.3 is 15.0 Å². The second kappa shape index (κ2) is 8.08. The highest BCUT2D eigenvalue weighted by Gasteiger charge is 2.25. The molecule has 0 saturated carbocycles. The molecule has 21 heavy (non-hydrogen) atoms. The summed E-state index contributed by atoms with van der Waals surface area (Å²) >= 11 is 1.81. The van der Waals surface area contributed by atoms with Crippen LogP contribution in [0.1, 0.15) is 30.8 Å². The summed E-state index contributed by atoms with van der Waals surface area (Å²) in [6, 6.07) is 0.630. The Morgan fingerprint density at radius 2 is 2.19 bits per heavy atom. The van der Waals surface area contributed by atoms with E-state index >= 15 is 0 Å². The minimum absolute atomic E-state index is 0.599. The molecule has 0 bridgehead atoms. The standard InChI is InChI=1S/C15H28N4OS/c1-5-12-10-19(8-7-18(12)3)15-17-13(11-20-4)14(21-15)9-16-6-2/h12,16H,5-11H2,1-4H3. The first-order chi connectivity index (χ1) is 10.2. The second-order valence-electron chi connectivity index (χ2n) is 5.57. The molecule has 1 aliphatic rings. The van der Waals surface area contributed by atoms with E-state index in [1.165, 1.54) is 11.3 Å². The van der Waals surface area contributed by atoms with Crippen molar-refractivity contribution in [2.75, 3.05) is 45.2 Å². The van der Waals surface area contributed by atoms with E-state index in [2.05, 4.69) is 36.0 Å². The van der Waals surface area contributed by atoms with Crippen LogP contribution in [0, 0.1) is 0 Å². The van der Waals surface area contributed by atoms with Crippen molar-refractivity contribution in [3.05, 3.63) is 10.6 Å². The monoisotopic (exact) mass is 312 g/mol. The molecule has 0 spiro atoms. The molecule has 1 N–H and O–H groups in total. The third-order valence-electron chi connectivity index (χ3n) is 4.10. The minimum atomic E-state index is 0.599. The van der Waals surface area contributed by atoms with E-state index in [0.29, 0.717) is 12.6 Å². The number of ether oxygens (including phenoxy) is 1. The smallest absolute Gasteiger partial charge is 0.186 e. The number of likely N-dealkylation sites (N-methyl/N-ethyl adjacent to an activating group) is 1. The van der Waals surface area contributed by atoms with Crippen LogP contribution in [0.15, 0.2) is 0 Å². The van der Waals surface area contributed by atoms with E-state index in [1.54, 1.807) is 7.11 Å². The molecule has 0 radical (unpaired) electrons. The molecule has 0 amide bonds. The molecule has 1 aromatic heterocycles. The minimum Gasteiger partial charge on any atom is -0.378 e. The summed E-state index contributed by atoms with van der Waals surface area (Å²) in [6.45, 7) is 10.1. The molecule has 2 rings (SSSR count). The van der Waals surface area contributed by atoms with Crippen molar-refractivity contribution >= 4 is 16.5 Å². The first kappa shape index (κ1) is 16.7. The summed E-state index contributed by atoms with van der Waals surface area (Å²) in [4.78, 5) is 11.0. The van der Waals surface area contributed by atoms with Gasteiger partial charge in [0.15, 0.2) is 5.13 Å².